The minimum Gasteiger partial charge on any atom is -0.341 e. The summed E-state index contributed by atoms with van der Waals surface area (Å²) in [5, 5.41) is 3.62. The smallest absolute Gasteiger partial charge is 0.317 e. The van der Waals surface area contributed by atoms with Crippen LogP contribution in [0.4, 0.5) is 4.79 Å². The van der Waals surface area contributed by atoms with E-state index in [1.807, 2.05) is 59.5 Å². The predicted molar refractivity (Wildman–Crippen MR) is 119 cm³/mol. The van der Waals surface area contributed by atoms with Crippen molar-refractivity contribution >= 4 is 23.5 Å². The van der Waals surface area contributed by atoms with Crippen molar-refractivity contribution in [2.75, 3.05) is 39.8 Å². The maximum atomic E-state index is 12.4. The lowest BCUT2D eigenvalue weighted by Gasteiger charge is -2.34. The van der Waals surface area contributed by atoms with E-state index in [4.69, 9.17) is 11.6 Å². The van der Waals surface area contributed by atoms with Gasteiger partial charge in [-0.25, -0.2) is 4.79 Å². The SMILES string of the molecule is CN(Cc1ccccc1)C(=O)CCNC(=O)N1CCN(Cc2ccc(Cl)cc2)CC1. The van der Waals surface area contributed by atoms with Gasteiger partial charge in [0.25, 0.3) is 0 Å². The van der Waals surface area contributed by atoms with Crippen LogP contribution in [-0.4, -0.2) is 66.4 Å². The quantitative estimate of drug-likeness (QED) is 0.736. The number of carbonyl (C=O) groups is 2. The fourth-order valence-corrected chi connectivity index (χ4v) is 3.61. The average Bonchev–Trinajstić information content (AvgIpc) is 2.76. The first-order valence-electron chi connectivity index (χ1n) is 10.3. The maximum Gasteiger partial charge on any atom is 0.317 e. The normalized spacial score (nSPS) is 14.4. The van der Waals surface area contributed by atoms with E-state index in [1.165, 1.54) is 5.56 Å². The Morgan fingerprint density at radius 2 is 1.63 bits per heavy atom. The van der Waals surface area contributed by atoms with Gasteiger partial charge in [-0.15, -0.1) is 0 Å². The molecule has 1 saturated heterocycles. The number of urea groups is 1. The van der Waals surface area contributed by atoms with Crippen molar-refractivity contribution in [2.24, 2.45) is 0 Å². The molecule has 0 unspecified atom stereocenters. The second-order valence-corrected chi connectivity index (χ2v) is 8.04. The topological polar surface area (TPSA) is 55.9 Å². The van der Waals surface area contributed by atoms with E-state index in [0.717, 1.165) is 30.2 Å². The van der Waals surface area contributed by atoms with Gasteiger partial charge in [0.1, 0.15) is 0 Å². The Balaban J connectivity index is 1.33. The molecule has 1 fully saturated rings. The van der Waals surface area contributed by atoms with Gasteiger partial charge in [0.2, 0.25) is 5.91 Å². The Morgan fingerprint density at radius 1 is 0.967 bits per heavy atom. The molecular formula is C23H29ClN4O2. The molecule has 0 bridgehead atoms. The fraction of sp³-hybridized carbons (Fsp3) is 0.391. The third kappa shape index (κ3) is 6.75. The zero-order valence-corrected chi connectivity index (χ0v) is 18.1. The lowest BCUT2D eigenvalue weighted by molar-refractivity contribution is -0.130. The first-order valence-corrected chi connectivity index (χ1v) is 10.7. The lowest BCUT2D eigenvalue weighted by Crippen LogP contribution is -2.51. The van der Waals surface area contributed by atoms with Crippen LogP contribution in [0.3, 0.4) is 0 Å². The highest BCUT2D eigenvalue weighted by Crippen LogP contribution is 2.13. The number of hydrogen-bond donors (Lipinski definition) is 1. The number of benzene rings is 2. The van der Waals surface area contributed by atoms with Crippen molar-refractivity contribution < 1.29 is 9.59 Å². The van der Waals surface area contributed by atoms with Gasteiger partial charge >= 0.3 is 6.03 Å². The number of nitrogens with one attached hydrogen (secondary N) is 1. The Labute approximate surface area is 183 Å². The van der Waals surface area contributed by atoms with Gasteiger partial charge in [0.05, 0.1) is 0 Å². The van der Waals surface area contributed by atoms with Crippen molar-refractivity contribution in [3.63, 3.8) is 0 Å². The Kier molecular flexibility index (Phi) is 8.11. The van der Waals surface area contributed by atoms with Gasteiger partial charge in [-0.3, -0.25) is 9.69 Å². The molecule has 7 heteroatoms. The molecule has 1 aliphatic rings. The Bertz CT molecular complexity index is 821. The zero-order valence-electron chi connectivity index (χ0n) is 17.4. The lowest BCUT2D eigenvalue weighted by atomic mass is 10.2. The second-order valence-electron chi connectivity index (χ2n) is 7.61. The molecule has 6 nitrogen and oxygen atoms in total. The highest BCUT2D eigenvalue weighted by atomic mass is 35.5. The zero-order chi connectivity index (χ0) is 21.3. The molecule has 30 heavy (non-hydrogen) atoms. The van der Waals surface area contributed by atoms with Crippen LogP contribution in [0.5, 0.6) is 0 Å². The number of carbonyl (C=O) groups excluding carboxylic acids is 2. The first-order chi connectivity index (χ1) is 14.5. The van der Waals surface area contributed by atoms with Crippen LogP contribution in [0.15, 0.2) is 54.6 Å². The van der Waals surface area contributed by atoms with Crippen molar-refractivity contribution in [2.45, 2.75) is 19.5 Å². The van der Waals surface area contributed by atoms with Crippen molar-refractivity contribution in [3.05, 3.63) is 70.7 Å². The van der Waals surface area contributed by atoms with Crippen LogP contribution >= 0.6 is 11.6 Å². The minimum absolute atomic E-state index is 0.0203. The molecule has 160 valence electrons. The van der Waals surface area contributed by atoms with Gasteiger partial charge < -0.3 is 15.1 Å². The van der Waals surface area contributed by atoms with Crippen molar-refractivity contribution in [3.8, 4) is 0 Å². The molecular weight excluding hydrogens is 400 g/mol. The van der Waals surface area contributed by atoms with Crippen LogP contribution in [0.25, 0.3) is 0 Å². The number of amides is 3. The van der Waals surface area contributed by atoms with Crippen LogP contribution < -0.4 is 5.32 Å². The first kappa shape index (κ1) is 22.1. The van der Waals surface area contributed by atoms with Gasteiger partial charge in [0.15, 0.2) is 0 Å². The Morgan fingerprint density at radius 3 is 2.30 bits per heavy atom. The third-order valence-corrected chi connectivity index (χ3v) is 5.53. The van der Waals surface area contributed by atoms with Crippen LogP contribution in [0.2, 0.25) is 5.02 Å². The van der Waals surface area contributed by atoms with Crippen molar-refractivity contribution in [1.82, 2.24) is 20.0 Å². The maximum absolute atomic E-state index is 12.4. The summed E-state index contributed by atoms with van der Waals surface area (Å²) in [6.07, 6.45) is 0.297. The van der Waals surface area contributed by atoms with E-state index >= 15 is 0 Å². The number of hydrogen-bond acceptors (Lipinski definition) is 3. The summed E-state index contributed by atoms with van der Waals surface area (Å²) in [6, 6.07) is 17.7. The van der Waals surface area contributed by atoms with E-state index in [9.17, 15) is 9.59 Å². The molecule has 0 aromatic heterocycles. The van der Waals surface area contributed by atoms with Crippen LogP contribution in [0.1, 0.15) is 17.5 Å². The monoisotopic (exact) mass is 428 g/mol. The van der Waals surface area contributed by atoms with Crippen molar-refractivity contribution in [1.29, 1.82) is 0 Å². The molecule has 1 heterocycles. The summed E-state index contributed by atoms with van der Waals surface area (Å²) in [5.41, 5.74) is 2.31. The molecule has 3 amide bonds. The molecule has 2 aromatic carbocycles. The largest absolute Gasteiger partial charge is 0.341 e. The number of halogens is 1. The number of nitrogens with zero attached hydrogens (tertiary/aromatic N) is 3. The van der Waals surface area contributed by atoms with Crippen LogP contribution in [-0.2, 0) is 17.9 Å². The molecule has 1 aliphatic heterocycles. The molecule has 0 aliphatic carbocycles. The highest BCUT2D eigenvalue weighted by Gasteiger charge is 2.21. The average molecular weight is 429 g/mol. The van der Waals surface area contributed by atoms with Gasteiger partial charge in [-0.05, 0) is 23.3 Å². The summed E-state index contributed by atoms with van der Waals surface area (Å²) in [5.74, 6) is 0.0203. The van der Waals surface area contributed by atoms with E-state index < -0.39 is 0 Å². The van der Waals surface area contributed by atoms with E-state index in [2.05, 4.69) is 10.2 Å². The highest BCUT2D eigenvalue weighted by molar-refractivity contribution is 6.30. The summed E-state index contributed by atoms with van der Waals surface area (Å²) < 4.78 is 0. The standard InChI is InChI=1S/C23H29ClN4O2/c1-26(17-19-5-3-2-4-6-19)22(29)11-12-25-23(30)28-15-13-27(14-16-28)18-20-7-9-21(24)10-8-20/h2-10H,11-18H2,1H3,(H,25,30). The van der Waals surface area contributed by atoms with Crippen LogP contribution in [0, 0.1) is 0 Å². The number of rotatable bonds is 7. The minimum atomic E-state index is -0.0975. The molecule has 2 aromatic rings. The number of piperazine rings is 1. The fourth-order valence-electron chi connectivity index (χ4n) is 3.48. The molecule has 0 radical (unpaired) electrons. The molecule has 0 saturated carbocycles. The third-order valence-electron chi connectivity index (χ3n) is 5.28. The second kappa shape index (κ2) is 11.0. The molecule has 0 spiro atoms. The van der Waals surface area contributed by atoms with E-state index in [-0.39, 0.29) is 11.9 Å². The molecule has 0 atom stereocenters. The van der Waals surface area contributed by atoms with Gasteiger partial charge in [-0.2, -0.15) is 0 Å². The van der Waals surface area contributed by atoms with E-state index in [0.29, 0.717) is 32.6 Å². The molecule has 3 rings (SSSR count). The van der Waals surface area contributed by atoms with Gasteiger partial charge in [0, 0.05) is 64.3 Å². The summed E-state index contributed by atoms with van der Waals surface area (Å²) in [7, 11) is 1.79. The molecule has 1 N–H and O–H groups in total. The predicted octanol–water partition coefficient (Wildman–Crippen LogP) is 3.22. The Hall–Kier alpha value is -2.57. The summed E-state index contributed by atoms with van der Waals surface area (Å²) in [4.78, 5) is 30.5. The van der Waals surface area contributed by atoms with E-state index in [1.54, 1.807) is 11.9 Å². The summed E-state index contributed by atoms with van der Waals surface area (Å²) >= 11 is 5.93. The van der Waals surface area contributed by atoms with Gasteiger partial charge in [-0.1, -0.05) is 54.1 Å². The summed E-state index contributed by atoms with van der Waals surface area (Å²) in [6.45, 7) is 4.80.